The van der Waals surface area contributed by atoms with Crippen LogP contribution in [-0.4, -0.2) is 18.3 Å². The molecule has 1 aromatic rings. The van der Waals surface area contributed by atoms with Crippen molar-refractivity contribution in [2.75, 3.05) is 0 Å². The maximum Gasteiger partial charge on any atom is 0.494 e. The van der Waals surface area contributed by atoms with Crippen molar-refractivity contribution < 1.29 is 9.31 Å². The first-order chi connectivity index (χ1) is 10.8. The molecule has 0 bridgehead atoms. The van der Waals surface area contributed by atoms with E-state index in [1.165, 1.54) is 37.7 Å². The van der Waals surface area contributed by atoms with Crippen molar-refractivity contribution in [2.45, 2.75) is 83.8 Å². The van der Waals surface area contributed by atoms with E-state index in [4.69, 9.17) is 9.31 Å². The maximum absolute atomic E-state index is 6.14. The van der Waals surface area contributed by atoms with Crippen molar-refractivity contribution in [3.8, 4) is 0 Å². The normalized spacial score (nSPS) is 29.7. The third-order valence-electron chi connectivity index (χ3n) is 6.36. The van der Waals surface area contributed by atoms with Gasteiger partial charge >= 0.3 is 7.12 Å². The average Bonchev–Trinajstić information content (AvgIpc) is 2.76. The second-order valence-corrected chi connectivity index (χ2v) is 8.38. The van der Waals surface area contributed by atoms with E-state index in [-0.39, 0.29) is 18.3 Å². The van der Waals surface area contributed by atoms with Crippen molar-refractivity contribution in [2.24, 2.45) is 5.92 Å². The fourth-order valence-corrected chi connectivity index (χ4v) is 3.81. The Labute approximate surface area is 142 Å². The van der Waals surface area contributed by atoms with E-state index >= 15 is 0 Å². The van der Waals surface area contributed by atoms with E-state index < -0.39 is 0 Å². The van der Waals surface area contributed by atoms with E-state index in [1.54, 1.807) is 0 Å². The van der Waals surface area contributed by atoms with Gasteiger partial charge in [0.2, 0.25) is 0 Å². The van der Waals surface area contributed by atoms with Gasteiger partial charge in [-0.3, -0.25) is 0 Å². The molecule has 0 radical (unpaired) electrons. The van der Waals surface area contributed by atoms with Crippen LogP contribution in [0.4, 0.5) is 0 Å². The summed E-state index contributed by atoms with van der Waals surface area (Å²) in [5, 5.41) is 0. The van der Waals surface area contributed by atoms with E-state index in [0.717, 1.165) is 17.3 Å². The minimum Gasteiger partial charge on any atom is -0.399 e. The molecule has 1 aliphatic heterocycles. The third kappa shape index (κ3) is 3.37. The van der Waals surface area contributed by atoms with Crippen LogP contribution < -0.4 is 5.46 Å². The highest BCUT2D eigenvalue weighted by atomic mass is 16.7. The summed E-state index contributed by atoms with van der Waals surface area (Å²) >= 11 is 0. The fourth-order valence-electron chi connectivity index (χ4n) is 3.81. The smallest absolute Gasteiger partial charge is 0.399 e. The molecule has 0 aromatic heterocycles. The van der Waals surface area contributed by atoms with Crippen molar-refractivity contribution >= 4 is 12.6 Å². The lowest BCUT2D eigenvalue weighted by atomic mass is 9.75. The van der Waals surface area contributed by atoms with Gasteiger partial charge < -0.3 is 9.31 Å². The highest BCUT2D eigenvalue weighted by Crippen LogP contribution is 2.38. The molecule has 126 valence electrons. The van der Waals surface area contributed by atoms with Crippen molar-refractivity contribution in [1.29, 1.82) is 0 Å². The van der Waals surface area contributed by atoms with Gasteiger partial charge in [0.15, 0.2) is 0 Å². The fraction of sp³-hybridized carbons (Fsp3) is 0.700. The summed E-state index contributed by atoms with van der Waals surface area (Å²) < 4.78 is 12.3. The topological polar surface area (TPSA) is 18.5 Å². The van der Waals surface area contributed by atoms with E-state index in [2.05, 4.69) is 58.9 Å². The second-order valence-electron chi connectivity index (χ2n) is 8.38. The number of rotatable bonds is 3. The lowest BCUT2D eigenvalue weighted by Crippen LogP contribution is -2.41. The minimum absolute atomic E-state index is 0.245. The predicted molar refractivity (Wildman–Crippen MR) is 97.1 cm³/mol. The molecule has 1 aliphatic carbocycles. The summed E-state index contributed by atoms with van der Waals surface area (Å²) in [5.41, 5.74) is 2.08. The zero-order valence-corrected chi connectivity index (χ0v) is 15.4. The quantitative estimate of drug-likeness (QED) is 0.755. The Kier molecular flexibility index (Phi) is 4.63. The van der Waals surface area contributed by atoms with E-state index in [0.29, 0.717) is 0 Å². The summed E-state index contributed by atoms with van der Waals surface area (Å²) in [6.45, 7) is 10.7. The largest absolute Gasteiger partial charge is 0.494 e. The highest BCUT2D eigenvalue weighted by molar-refractivity contribution is 6.62. The summed E-state index contributed by atoms with van der Waals surface area (Å²) in [4.78, 5) is 0. The zero-order valence-electron chi connectivity index (χ0n) is 15.4. The molecule has 2 aliphatic rings. The SMILES string of the molecule is CCC1CCC(c2ccc(B3OC(C)(C)C(C)(C)O3)cc2)CC1. The van der Waals surface area contributed by atoms with Crippen LogP contribution in [0.1, 0.15) is 78.2 Å². The monoisotopic (exact) mass is 314 g/mol. The molecule has 3 heteroatoms. The Balaban J connectivity index is 1.67. The Bertz CT molecular complexity index is 511. The van der Waals surface area contributed by atoms with Gasteiger partial charge in [-0.1, -0.05) is 37.6 Å². The molecular weight excluding hydrogens is 283 g/mol. The van der Waals surface area contributed by atoms with Crippen LogP contribution in [0.25, 0.3) is 0 Å². The summed E-state index contributed by atoms with van der Waals surface area (Å²) in [5.74, 6) is 1.69. The van der Waals surface area contributed by atoms with E-state index in [1.807, 2.05) is 0 Å². The van der Waals surface area contributed by atoms with Gasteiger partial charge in [-0.25, -0.2) is 0 Å². The summed E-state index contributed by atoms with van der Waals surface area (Å²) in [6, 6.07) is 8.97. The van der Waals surface area contributed by atoms with Gasteiger partial charge in [0.1, 0.15) is 0 Å². The molecule has 0 N–H and O–H groups in total. The van der Waals surface area contributed by atoms with Gasteiger partial charge in [-0.15, -0.1) is 0 Å². The Morgan fingerprint density at radius 3 is 1.91 bits per heavy atom. The average molecular weight is 314 g/mol. The Hall–Kier alpha value is -0.795. The molecule has 0 amide bonds. The molecule has 2 fully saturated rings. The van der Waals surface area contributed by atoms with Crippen LogP contribution >= 0.6 is 0 Å². The first-order valence-electron chi connectivity index (χ1n) is 9.28. The van der Waals surface area contributed by atoms with Gasteiger partial charge in [0, 0.05) is 0 Å². The second kappa shape index (κ2) is 6.25. The molecule has 0 atom stereocenters. The lowest BCUT2D eigenvalue weighted by Gasteiger charge is -2.32. The van der Waals surface area contributed by atoms with Crippen LogP contribution in [0.5, 0.6) is 0 Å². The lowest BCUT2D eigenvalue weighted by molar-refractivity contribution is 0.00578. The zero-order chi connectivity index (χ0) is 16.7. The Morgan fingerprint density at radius 1 is 0.913 bits per heavy atom. The van der Waals surface area contributed by atoms with Crippen molar-refractivity contribution in [1.82, 2.24) is 0 Å². The van der Waals surface area contributed by atoms with Crippen LogP contribution in [0.15, 0.2) is 24.3 Å². The molecule has 0 spiro atoms. The van der Waals surface area contributed by atoms with Gasteiger partial charge in [0.25, 0.3) is 0 Å². The molecule has 0 unspecified atom stereocenters. The summed E-state index contributed by atoms with van der Waals surface area (Å²) in [7, 11) is -0.245. The molecule has 1 aromatic carbocycles. The van der Waals surface area contributed by atoms with Crippen LogP contribution in [0.3, 0.4) is 0 Å². The molecule has 1 saturated carbocycles. The molecule has 1 saturated heterocycles. The minimum atomic E-state index is -0.269. The number of benzene rings is 1. The van der Waals surface area contributed by atoms with Crippen molar-refractivity contribution in [3.63, 3.8) is 0 Å². The first kappa shape index (κ1) is 17.0. The maximum atomic E-state index is 6.14. The standard InChI is InChI=1S/C20H31BO2/c1-6-15-7-9-16(10-8-15)17-11-13-18(14-12-17)21-22-19(2,3)20(4,5)23-21/h11-16H,6-10H2,1-5H3. The number of hydrogen-bond acceptors (Lipinski definition) is 2. The highest BCUT2D eigenvalue weighted by Gasteiger charge is 2.51. The first-order valence-corrected chi connectivity index (χ1v) is 9.28. The third-order valence-corrected chi connectivity index (χ3v) is 6.36. The number of hydrogen-bond donors (Lipinski definition) is 0. The van der Waals surface area contributed by atoms with Gasteiger partial charge in [0.05, 0.1) is 11.2 Å². The van der Waals surface area contributed by atoms with Crippen LogP contribution in [-0.2, 0) is 9.31 Å². The Morgan fingerprint density at radius 2 is 1.43 bits per heavy atom. The van der Waals surface area contributed by atoms with Gasteiger partial charge in [-0.2, -0.15) is 0 Å². The summed E-state index contributed by atoms with van der Waals surface area (Å²) in [6.07, 6.45) is 6.80. The molecule has 2 nitrogen and oxygen atoms in total. The molecule has 23 heavy (non-hydrogen) atoms. The molecule has 1 heterocycles. The van der Waals surface area contributed by atoms with Gasteiger partial charge in [-0.05, 0) is 76.2 Å². The predicted octanol–water partition coefficient (Wildman–Crippen LogP) is 4.67. The van der Waals surface area contributed by atoms with Crippen LogP contribution in [0.2, 0.25) is 0 Å². The molecule has 3 rings (SSSR count). The van der Waals surface area contributed by atoms with Crippen molar-refractivity contribution in [3.05, 3.63) is 29.8 Å². The molecular formula is C20H31BO2. The van der Waals surface area contributed by atoms with Crippen LogP contribution in [0, 0.1) is 5.92 Å². The van der Waals surface area contributed by atoms with E-state index in [9.17, 15) is 0 Å².